The van der Waals surface area contributed by atoms with Gasteiger partial charge in [-0.15, -0.1) is 5.10 Å². The summed E-state index contributed by atoms with van der Waals surface area (Å²) in [4.78, 5) is 26.2. The fourth-order valence-corrected chi connectivity index (χ4v) is 2.36. The number of hydrogen-bond acceptors (Lipinski definition) is 5. The van der Waals surface area contributed by atoms with Gasteiger partial charge >= 0.3 is 0 Å². The molecule has 120 valence electrons. The van der Waals surface area contributed by atoms with Crippen molar-refractivity contribution in [3.05, 3.63) is 34.6 Å². The fraction of sp³-hybridized carbons (Fsp3) is 0.438. The van der Waals surface area contributed by atoms with Gasteiger partial charge in [-0.25, -0.2) is 4.68 Å². The molecule has 2 aromatic rings. The first kappa shape index (κ1) is 16.6. The van der Waals surface area contributed by atoms with Gasteiger partial charge in [-0.05, 0) is 26.0 Å². The van der Waals surface area contributed by atoms with Crippen LogP contribution in [0.25, 0.3) is 10.9 Å². The third-order valence-electron chi connectivity index (χ3n) is 3.57. The summed E-state index contributed by atoms with van der Waals surface area (Å²) in [6.07, 6.45) is 0.441. The van der Waals surface area contributed by atoms with Crippen LogP contribution in [0.15, 0.2) is 29.1 Å². The maximum absolute atomic E-state index is 12.3. The van der Waals surface area contributed by atoms with Crippen LogP contribution in [0, 0.1) is 11.3 Å². The first-order valence-electron chi connectivity index (χ1n) is 7.53. The average Bonchev–Trinajstić information content (AvgIpc) is 2.54. The quantitative estimate of drug-likeness (QED) is 0.802. The molecule has 0 aliphatic carbocycles. The number of carbonyl (C=O) groups excluding carboxylic acids is 1. The highest BCUT2D eigenvalue weighted by molar-refractivity contribution is 5.77. The standard InChI is InChI=1S/C16H19N5O2/c1-12(2)20(10-5-9-17)15(22)8-11-21-16(23)13-6-3-4-7-14(13)18-19-21/h3-4,6-7,12H,5,8,10-11H2,1-2H3. The number of carbonyl (C=O) groups is 1. The average molecular weight is 313 g/mol. The molecule has 0 radical (unpaired) electrons. The molecule has 1 amide bonds. The Hall–Kier alpha value is -2.75. The summed E-state index contributed by atoms with van der Waals surface area (Å²) in [5.41, 5.74) is 0.287. The molecule has 7 nitrogen and oxygen atoms in total. The van der Waals surface area contributed by atoms with Crippen LogP contribution in [0.5, 0.6) is 0 Å². The maximum atomic E-state index is 12.3. The smallest absolute Gasteiger partial charge is 0.277 e. The van der Waals surface area contributed by atoms with Gasteiger partial charge in [-0.2, -0.15) is 5.26 Å². The predicted molar refractivity (Wildman–Crippen MR) is 85.5 cm³/mol. The number of aryl methyl sites for hydroxylation is 1. The Morgan fingerprint density at radius 2 is 2.13 bits per heavy atom. The van der Waals surface area contributed by atoms with Crippen molar-refractivity contribution in [2.45, 2.75) is 39.3 Å². The Morgan fingerprint density at radius 3 is 2.83 bits per heavy atom. The van der Waals surface area contributed by atoms with Crippen LogP contribution in [-0.2, 0) is 11.3 Å². The van der Waals surface area contributed by atoms with Gasteiger partial charge in [0, 0.05) is 19.0 Å². The molecule has 0 aliphatic heterocycles. The molecule has 1 aromatic carbocycles. The molecule has 0 bridgehead atoms. The maximum Gasteiger partial charge on any atom is 0.277 e. The summed E-state index contributed by atoms with van der Waals surface area (Å²) in [6.45, 7) is 4.37. The molecular weight excluding hydrogens is 294 g/mol. The number of nitrogens with zero attached hydrogens (tertiary/aromatic N) is 5. The molecule has 0 spiro atoms. The Morgan fingerprint density at radius 1 is 1.39 bits per heavy atom. The molecule has 0 aliphatic rings. The molecule has 7 heteroatoms. The highest BCUT2D eigenvalue weighted by Gasteiger charge is 2.17. The van der Waals surface area contributed by atoms with Crippen LogP contribution in [0.3, 0.4) is 0 Å². The molecular formula is C16H19N5O2. The molecule has 1 heterocycles. The number of amides is 1. The summed E-state index contributed by atoms with van der Waals surface area (Å²) < 4.78 is 1.21. The van der Waals surface area contributed by atoms with E-state index in [1.807, 2.05) is 19.9 Å². The number of benzene rings is 1. The third-order valence-corrected chi connectivity index (χ3v) is 3.57. The second-order valence-electron chi connectivity index (χ2n) is 5.47. The highest BCUT2D eigenvalue weighted by Crippen LogP contribution is 2.06. The van der Waals surface area contributed by atoms with Crippen LogP contribution in [0.1, 0.15) is 26.7 Å². The monoisotopic (exact) mass is 313 g/mol. The van der Waals surface area contributed by atoms with Crippen LogP contribution in [0.2, 0.25) is 0 Å². The van der Waals surface area contributed by atoms with Gasteiger partial charge in [0.25, 0.3) is 5.56 Å². The lowest BCUT2D eigenvalue weighted by Gasteiger charge is -2.25. The van der Waals surface area contributed by atoms with Gasteiger partial charge in [0.2, 0.25) is 5.91 Å². The molecule has 0 atom stereocenters. The van der Waals surface area contributed by atoms with Crippen molar-refractivity contribution in [2.24, 2.45) is 0 Å². The molecule has 1 aromatic heterocycles. The van der Waals surface area contributed by atoms with Crippen molar-refractivity contribution in [3.63, 3.8) is 0 Å². The van der Waals surface area contributed by atoms with Gasteiger partial charge in [-0.1, -0.05) is 17.3 Å². The fourth-order valence-electron chi connectivity index (χ4n) is 2.36. The molecule has 0 fully saturated rings. The number of nitriles is 1. The van der Waals surface area contributed by atoms with E-state index < -0.39 is 0 Å². The van der Waals surface area contributed by atoms with Crippen molar-refractivity contribution >= 4 is 16.8 Å². The van der Waals surface area contributed by atoms with Crippen molar-refractivity contribution in [1.29, 1.82) is 5.26 Å². The van der Waals surface area contributed by atoms with E-state index in [-0.39, 0.29) is 30.5 Å². The van der Waals surface area contributed by atoms with Crippen molar-refractivity contribution in [3.8, 4) is 6.07 Å². The number of aromatic nitrogens is 3. The summed E-state index contributed by atoms with van der Waals surface area (Å²) >= 11 is 0. The summed E-state index contributed by atoms with van der Waals surface area (Å²) in [7, 11) is 0. The topological polar surface area (TPSA) is 91.9 Å². The summed E-state index contributed by atoms with van der Waals surface area (Å²) in [5.74, 6) is -0.0999. The zero-order valence-electron chi connectivity index (χ0n) is 13.3. The number of hydrogen-bond donors (Lipinski definition) is 0. The minimum Gasteiger partial charge on any atom is -0.339 e. The lowest BCUT2D eigenvalue weighted by atomic mass is 10.2. The molecule has 23 heavy (non-hydrogen) atoms. The van der Waals surface area contributed by atoms with E-state index in [1.165, 1.54) is 4.68 Å². The minimum absolute atomic E-state index is 0.00950. The van der Waals surface area contributed by atoms with Gasteiger partial charge in [0.05, 0.1) is 24.4 Å². The molecule has 0 N–H and O–H groups in total. The summed E-state index contributed by atoms with van der Waals surface area (Å²) in [6, 6.07) is 9.02. The molecule has 0 unspecified atom stereocenters. The number of fused-ring (bicyclic) bond motifs is 1. The van der Waals surface area contributed by atoms with E-state index in [9.17, 15) is 9.59 Å². The van der Waals surface area contributed by atoms with Crippen LogP contribution >= 0.6 is 0 Å². The predicted octanol–water partition coefficient (Wildman–Crippen LogP) is 1.33. The van der Waals surface area contributed by atoms with Crippen LogP contribution in [-0.4, -0.2) is 38.4 Å². The number of rotatable bonds is 6. The Bertz CT molecular complexity index is 791. The highest BCUT2D eigenvalue weighted by atomic mass is 16.2. The largest absolute Gasteiger partial charge is 0.339 e. The van der Waals surface area contributed by atoms with Gasteiger partial charge in [0.1, 0.15) is 5.52 Å². The minimum atomic E-state index is -0.253. The molecule has 2 rings (SSSR count). The molecule has 0 saturated heterocycles. The first-order chi connectivity index (χ1) is 11.0. The van der Waals surface area contributed by atoms with E-state index in [2.05, 4.69) is 10.3 Å². The van der Waals surface area contributed by atoms with Crippen molar-refractivity contribution in [1.82, 2.24) is 19.9 Å². The van der Waals surface area contributed by atoms with E-state index in [4.69, 9.17) is 5.26 Å². The lowest BCUT2D eigenvalue weighted by Crippen LogP contribution is -2.38. The SMILES string of the molecule is CC(C)N(CCC#N)C(=O)CCn1nnc2ccccc2c1=O. The van der Waals surface area contributed by atoms with Gasteiger partial charge < -0.3 is 4.90 Å². The normalized spacial score (nSPS) is 10.7. The second-order valence-corrected chi connectivity index (χ2v) is 5.47. The van der Waals surface area contributed by atoms with E-state index >= 15 is 0 Å². The zero-order valence-corrected chi connectivity index (χ0v) is 13.3. The van der Waals surface area contributed by atoms with Crippen LogP contribution in [0.4, 0.5) is 0 Å². The van der Waals surface area contributed by atoms with E-state index in [1.54, 1.807) is 29.2 Å². The second kappa shape index (κ2) is 7.49. The van der Waals surface area contributed by atoms with Crippen LogP contribution < -0.4 is 5.56 Å². The first-order valence-corrected chi connectivity index (χ1v) is 7.53. The zero-order chi connectivity index (χ0) is 16.8. The molecule has 0 saturated carbocycles. The third kappa shape index (κ3) is 3.92. The van der Waals surface area contributed by atoms with Gasteiger partial charge in [-0.3, -0.25) is 9.59 Å². The Balaban J connectivity index is 2.11. The van der Waals surface area contributed by atoms with E-state index in [0.717, 1.165) is 0 Å². The Kier molecular flexibility index (Phi) is 5.41. The summed E-state index contributed by atoms with van der Waals surface area (Å²) in [5, 5.41) is 17.0. The van der Waals surface area contributed by atoms with Gasteiger partial charge in [0.15, 0.2) is 0 Å². The van der Waals surface area contributed by atoms with Crippen molar-refractivity contribution in [2.75, 3.05) is 6.54 Å². The van der Waals surface area contributed by atoms with Crippen molar-refractivity contribution < 1.29 is 4.79 Å². The lowest BCUT2D eigenvalue weighted by molar-refractivity contribution is -0.133. The van der Waals surface area contributed by atoms with E-state index in [0.29, 0.717) is 23.9 Å². The Labute approximate surface area is 134 Å².